The summed E-state index contributed by atoms with van der Waals surface area (Å²) in [6, 6.07) is 1.24. The van der Waals surface area contributed by atoms with Crippen molar-refractivity contribution in [3.05, 3.63) is 17.5 Å². The standard InChI is InChI=1S/C8H10N2O3/c1-5(2)10-6(4-11)3-7(9-10)8(12)13/h3-5H,1-2H3,(H,12,13). The van der Waals surface area contributed by atoms with Gasteiger partial charge in [0.25, 0.3) is 0 Å². The van der Waals surface area contributed by atoms with Crippen molar-refractivity contribution in [2.45, 2.75) is 19.9 Å². The van der Waals surface area contributed by atoms with Gasteiger partial charge in [0, 0.05) is 12.1 Å². The molecule has 0 aliphatic rings. The predicted octanol–water partition coefficient (Wildman–Crippen LogP) is 0.975. The molecule has 1 N–H and O–H groups in total. The molecule has 5 nitrogen and oxygen atoms in total. The molecule has 0 fully saturated rings. The lowest BCUT2D eigenvalue weighted by Gasteiger charge is -2.05. The van der Waals surface area contributed by atoms with Gasteiger partial charge in [0.1, 0.15) is 5.69 Å². The minimum atomic E-state index is -1.12. The zero-order chi connectivity index (χ0) is 10.0. The summed E-state index contributed by atoms with van der Waals surface area (Å²) >= 11 is 0. The molecule has 1 aromatic heterocycles. The van der Waals surface area contributed by atoms with Gasteiger partial charge in [0.05, 0.1) is 0 Å². The minimum absolute atomic E-state index is 0.0201. The number of hydrogen-bond acceptors (Lipinski definition) is 3. The van der Waals surface area contributed by atoms with Crippen molar-refractivity contribution in [1.29, 1.82) is 0 Å². The molecule has 0 amide bonds. The number of carboxylic acids is 1. The van der Waals surface area contributed by atoms with Gasteiger partial charge in [0.2, 0.25) is 0 Å². The molecule has 5 heteroatoms. The van der Waals surface area contributed by atoms with E-state index in [1.54, 1.807) is 0 Å². The van der Waals surface area contributed by atoms with Crippen molar-refractivity contribution >= 4 is 12.3 Å². The van der Waals surface area contributed by atoms with E-state index in [2.05, 4.69) is 5.10 Å². The van der Waals surface area contributed by atoms with Crippen molar-refractivity contribution in [2.24, 2.45) is 0 Å². The molecule has 0 atom stereocenters. The fourth-order valence-electron chi connectivity index (χ4n) is 1.02. The highest BCUT2D eigenvalue weighted by atomic mass is 16.4. The van der Waals surface area contributed by atoms with Gasteiger partial charge in [0.15, 0.2) is 12.0 Å². The number of hydrogen-bond donors (Lipinski definition) is 1. The highest BCUT2D eigenvalue weighted by molar-refractivity contribution is 5.87. The normalized spacial score (nSPS) is 10.4. The Balaban J connectivity index is 3.19. The lowest BCUT2D eigenvalue weighted by Crippen LogP contribution is -2.07. The number of carbonyl (C=O) groups is 2. The molecule has 0 aliphatic carbocycles. The smallest absolute Gasteiger partial charge is 0.356 e. The van der Waals surface area contributed by atoms with Gasteiger partial charge in [-0.05, 0) is 13.8 Å². The first kappa shape index (κ1) is 9.44. The summed E-state index contributed by atoms with van der Waals surface area (Å²) in [7, 11) is 0. The van der Waals surface area contributed by atoms with Crippen LogP contribution >= 0.6 is 0 Å². The van der Waals surface area contributed by atoms with Crippen LogP contribution in [0.2, 0.25) is 0 Å². The van der Waals surface area contributed by atoms with E-state index < -0.39 is 5.97 Å². The van der Waals surface area contributed by atoms with Gasteiger partial charge in [-0.25, -0.2) is 4.79 Å². The first-order valence-corrected chi connectivity index (χ1v) is 3.84. The minimum Gasteiger partial charge on any atom is -0.476 e. The SMILES string of the molecule is CC(C)n1nc(C(=O)O)cc1C=O. The van der Waals surface area contributed by atoms with E-state index in [1.165, 1.54) is 10.7 Å². The quantitative estimate of drug-likeness (QED) is 0.707. The summed E-state index contributed by atoms with van der Waals surface area (Å²) in [5.41, 5.74) is 0.184. The molecular formula is C8H10N2O3. The van der Waals surface area contributed by atoms with Gasteiger partial charge in [-0.3, -0.25) is 9.48 Å². The van der Waals surface area contributed by atoms with Crippen LogP contribution in [0.25, 0.3) is 0 Å². The van der Waals surface area contributed by atoms with E-state index in [9.17, 15) is 9.59 Å². The molecule has 13 heavy (non-hydrogen) atoms. The molecule has 0 aromatic carbocycles. The van der Waals surface area contributed by atoms with Crippen LogP contribution in [0.5, 0.6) is 0 Å². The molecule has 0 radical (unpaired) electrons. The molecule has 0 saturated heterocycles. The Hall–Kier alpha value is -1.65. The van der Waals surface area contributed by atoms with Crippen LogP contribution in [-0.2, 0) is 0 Å². The zero-order valence-corrected chi connectivity index (χ0v) is 7.39. The van der Waals surface area contributed by atoms with Crippen molar-refractivity contribution in [3.63, 3.8) is 0 Å². The van der Waals surface area contributed by atoms with Crippen LogP contribution in [-0.4, -0.2) is 27.1 Å². The predicted molar refractivity (Wildman–Crippen MR) is 45.0 cm³/mol. The molecule has 0 bridgehead atoms. The lowest BCUT2D eigenvalue weighted by molar-refractivity contribution is 0.0689. The number of carboxylic acid groups (broad SMARTS) is 1. The van der Waals surface area contributed by atoms with E-state index in [0.29, 0.717) is 6.29 Å². The van der Waals surface area contributed by atoms with Crippen molar-refractivity contribution in [3.8, 4) is 0 Å². The maximum absolute atomic E-state index is 10.5. The van der Waals surface area contributed by atoms with Crippen LogP contribution in [0, 0.1) is 0 Å². The Morgan fingerprint density at radius 1 is 1.69 bits per heavy atom. The largest absolute Gasteiger partial charge is 0.476 e. The molecule has 0 aliphatic heterocycles. The Morgan fingerprint density at radius 2 is 2.31 bits per heavy atom. The summed E-state index contributed by atoms with van der Waals surface area (Å²) in [5, 5.41) is 12.4. The molecular weight excluding hydrogens is 172 g/mol. The van der Waals surface area contributed by atoms with Gasteiger partial charge < -0.3 is 5.11 Å². The van der Waals surface area contributed by atoms with E-state index in [-0.39, 0.29) is 17.4 Å². The second kappa shape index (κ2) is 3.38. The highest BCUT2D eigenvalue weighted by Gasteiger charge is 2.13. The molecule has 1 heterocycles. The molecule has 0 spiro atoms. The number of rotatable bonds is 3. The van der Waals surface area contributed by atoms with E-state index in [1.807, 2.05) is 13.8 Å². The second-order valence-electron chi connectivity index (χ2n) is 2.92. The van der Waals surface area contributed by atoms with Crippen LogP contribution < -0.4 is 0 Å². The van der Waals surface area contributed by atoms with E-state index >= 15 is 0 Å². The summed E-state index contributed by atoms with van der Waals surface area (Å²) in [5.74, 6) is -1.12. The first-order chi connectivity index (χ1) is 6.06. The molecule has 1 aromatic rings. The zero-order valence-electron chi connectivity index (χ0n) is 7.39. The van der Waals surface area contributed by atoms with E-state index in [4.69, 9.17) is 5.11 Å². The van der Waals surface area contributed by atoms with Crippen LogP contribution in [0.15, 0.2) is 6.07 Å². The Morgan fingerprint density at radius 3 is 2.62 bits per heavy atom. The van der Waals surface area contributed by atoms with Crippen LogP contribution in [0.4, 0.5) is 0 Å². The monoisotopic (exact) mass is 182 g/mol. The Bertz CT molecular complexity index is 341. The molecule has 0 saturated carbocycles. The summed E-state index contributed by atoms with van der Waals surface area (Å²) in [6.45, 7) is 3.65. The van der Waals surface area contributed by atoms with Gasteiger partial charge >= 0.3 is 5.97 Å². The number of aldehydes is 1. The summed E-state index contributed by atoms with van der Waals surface area (Å²) in [4.78, 5) is 21.0. The average molecular weight is 182 g/mol. The molecule has 1 rings (SSSR count). The number of carbonyl (C=O) groups excluding carboxylic acids is 1. The number of nitrogens with zero attached hydrogens (tertiary/aromatic N) is 2. The van der Waals surface area contributed by atoms with Crippen molar-refractivity contribution in [2.75, 3.05) is 0 Å². The molecule has 70 valence electrons. The Labute approximate surface area is 75.0 Å². The van der Waals surface area contributed by atoms with Gasteiger partial charge in [-0.2, -0.15) is 5.10 Å². The maximum atomic E-state index is 10.5. The average Bonchev–Trinajstić information content (AvgIpc) is 2.47. The second-order valence-corrected chi connectivity index (χ2v) is 2.92. The third-order valence-corrected chi connectivity index (χ3v) is 1.59. The fraction of sp³-hybridized carbons (Fsp3) is 0.375. The third-order valence-electron chi connectivity index (χ3n) is 1.59. The third kappa shape index (κ3) is 1.74. The number of aromatic carboxylic acids is 1. The van der Waals surface area contributed by atoms with Crippen molar-refractivity contribution in [1.82, 2.24) is 9.78 Å². The summed E-state index contributed by atoms with van der Waals surface area (Å²) in [6.07, 6.45) is 0.597. The van der Waals surface area contributed by atoms with E-state index in [0.717, 1.165) is 0 Å². The van der Waals surface area contributed by atoms with Gasteiger partial charge in [-0.15, -0.1) is 0 Å². The van der Waals surface area contributed by atoms with Crippen molar-refractivity contribution < 1.29 is 14.7 Å². The number of aromatic nitrogens is 2. The Kier molecular flexibility index (Phi) is 2.46. The fourth-order valence-corrected chi connectivity index (χ4v) is 1.02. The molecule has 0 unspecified atom stereocenters. The first-order valence-electron chi connectivity index (χ1n) is 3.84. The van der Waals surface area contributed by atoms with Crippen LogP contribution in [0.3, 0.4) is 0 Å². The topological polar surface area (TPSA) is 72.2 Å². The summed E-state index contributed by atoms with van der Waals surface area (Å²) < 4.78 is 1.39. The maximum Gasteiger partial charge on any atom is 0.356 e. The van der Waals surface area contributed by atoms with Gasteiger partial charge in [-0.1, -0.05) is 0 Å². The lowest BCUT2D eigenvalue weighted by atomic mass is 10.3. The van der Waals surface area contributed by atoms with Crippen LogP contribution in [0.1, 0.15) is 40.9 Å². The highest BCUT2D eigenvalue weighted by Crippen LogP contribution is 2.09.